The Bertz CT molecular complexity index is 1300. The highest BCUT2D eigenvalue weighted by atomic mass is 32.2. The van der Waals surface area contributed by atoms with Crippen LogP contribution in [0.4, 0.5) is 4.79 Å². The van der Waals surface area contributed by atoms with E-state index in [1.54, 1.807) is 0 Å². The molecule has 1 fully saturated rings. The van der Waals surface area contributed by atoms with Gasteiger partial charge >= 0.3 is 0 Å². The summed E-state index contributed by atoms with van der Waals surface area (Å²) in [4.78, 5) is 43.4. The first-order chi connectivity index (χ1) is 21.5. The van der Waals surface area contributed by atoms with Crippen LogP contribution in [0, 0.1) is 0 Å². The van der Waals surface area contributed by atoms with Crippen molar-refractivity contribution in [3.05, 3.63) is 108 Å². The molecule has 0 saturated carbocycles. The number of pyridine rings is 1. The van der Waals surface area contributed by atoms with Crippen molar-refractivity contribution in [2.75, 3.05) is 6.61 Å². The summed E-state index contributed by atoms with van der Waals surface area (Å²) in [5.74, 6) is -0.0731. The van der Waals surface area contributed by atoms with Gasteiger partial charge in [0.2, 0.25) is 5.91 Å². The number of carbonyl (C=O) groups excluding carboxylic acids is 3. The third kappa shape index (κ3) is 12.5. The van der Waals surface area contributed by atoms with Gasteiger partial charge in [0, 0.05) is 24.7 Å². The van der Waals surface area contributed by atoms with Crippen LogP contribution in [-0.4, -0.2) is 38.8 Å². The molecule has 1 unspecified atom stereocenters. The Labute approximate surface area is 267 Å². The molecule has 0 N–H and O–H groups in total. The number of aryl methyl sites for hydroxylation is 1. The molecule has 3 rings (SSSR count). The van der Waals surface area contributed by atoms with E-state index in [1.807, 2.05) is 36.5 Å². The van der Waals surface area contributed by atoms with Crippen LogP contribution < -0.4 is 4.74 Å². The van der Waals surface area contributed by atoms with E-state index < -0.39 is 22.3 Å². The smallest absolute Gasteiger partial charge is 0.295 e. The van der Waals surface area contributed by atoms with E-state index in [-0.39, 0.29) is 6.42 Å². The van der Waals surface area contributed by atoms with E-state index in [2.05, 4.69) is 73.5 Å². The van der Waals surface area contributed by atoms with Crippen molar-refractivity contribution >= 4 is 28.8 Å². The number of imide groups is 3. The molecule has 2 aromatic rings. The third-order valence-corrected chi connectivity index (χ3v) is 8.20. The van der Waals surface area contributed by atoms with Gasteiger partial charge in [0.25, 0.3) is 11.1 Å². The number of thioether (sulfide) groups is 1. The normalized spacial score (nSPS) is 15.6. The third-order valence-electron chi connectivity index (χ3n) is 7.17. The van der Waals surface area contributed by atoms with Crippen LogP contribution in [0.3, 0.4) is 0 Å². The van der Waals surface area contributed by atoms with Crippen LogP contribution in [0.15, 0.2) is 91.2 Å². The minimum absolute atomic E-state index is 0.197. The Kier molecular flexibility index (Phi) is 16.0. The molecule has 2 heterocycles. The summed E-state index contributed by atoms with van der Waals surface area (Å²) in [6.45, 7) is 4.76. The maximum atomic E-state index is 12.9. The molecule has 0 radical (unpaired) electrons. The lowest BCUT2D eigenvalue weighted by atomic mass is 10.1. The molecular formula is C37H46N2O4S. The van der Waals surface area contributed by atoms with Crippen molar-refractivity contribution < 1.29 is 19.1 Å². The van der Waals surface area contributed by atoms with Gasteiger partial charge in [-0.15, -0.1) is 0 Å². The number of amides is 3. The molecule has 1 aliphatic rings. The highest BCUT2D eigenvalue weighted by molar-refractivity contribution is 8.15. The van der Waals surface area contributed by atoms with Gasteiger partial charge in [-0.05, 0) is 87.1 Å². The van der Waals surface area contributed by atoms with E-state index in [0.717, 1.165) is 85.0 Å². The molecule has 7 heteroatoms. The summed E-state index contributed by atoms with van der Waals surface area (Å²) < 4.78 is 5.85. The predicted molar refractivity (Wildman–Crippen MR) is 181 cm³/mol. The number of unbranched alkanes of at least 4 members (excludes halogenated alkanes) is 2. The standard InChI is InChI=1S/C37H46N2O4S/c1-3-5-6-7-8-9-10-11-12-13-14-15-16-17-18-19-35(40)39-36(41)34(44-37(39)42)28-31-21-24-33(25-22-31)43-27-26-32-23-20-30(4-2)29-38-32/h5-6,8-9,11-12,14-15,20-25,29,34H,3-4,7,10,13,16-19,26-28H2,1-2H3/b6-5-,9-8-,12-11-,15-14-. The van der Waals surface area contributed by atoms with Crippen molar-refractivity contribution in [2.24, 2.45) is 0 Å². The Balaban J connectivity index is 1.30. The molecule has 0 spiro atoms. The lowest BCUT2D eigenvalue weighted by Crippen LogP contribution is -2.37. The van der Waals surface area contributed by atoms with Gasteiger partial charge in [-0.2, -0.15) is 0 Å². The number of hydrogen-bond acceptors (Lipinski definition) is 6. The molecule has 3 amide bonds. The van der Waals surface area contributed by atoms with E-state index in [4.69, 9.17) is 4.74 Å². The molecule has 0 bridgehead atoms. The number of aromatic nitrogens is 1. The van der Waals surface area contributed by atoms with Crippen LogP contribution in [0.25, 0.3) is 0 Å². The fourth-order valence-corrected chi connectivity index (χ4v) is 5.60. The molecular weight excluding hydrogens is 568 g/mol. The van der Waals surface area contributed by atoms with Gasteiger partial charge in [0.15, 0.2) is 0 Å². The minimum Gasteiger partial charge on any atom is -0.493 e. The van der Waals surface area contributed by atoms with Crippen LogP contribution in [0.1, 0.15) is 82.0 Å². The number of nitrogens with zero attached hydrogens (tertiary/aromatic N) is 2. The molecule has 1 aromatic carbocycles. The molecule has 6 nitrogen and oxygen atoms in total. The van der Waals surface area contributed by atoms with Crippen LogP contribution in [0.2, 0.25) is 0 Å². The first-order valence-corrected chi connectivity index (χ1v) is 16.7. The molecule has 1 aromatic heterocycles. The minimum atomic E-state index is -0.584. The van der Waals surface area contributed by atoms with Crippen molar-refractivity contribution in [1.29, 1.82) is 0 Å². The average Bonchev–Trinajstić information content (AvgIpc) is 3.32. The highest BCUT2D eigenvalue weighted by Gasteiger charge is 2.42. The average molecular weight is 615 g/mol. The van der Waals surface area contributed by atoms with E-state index in [1.165, 1.54) is 5.56 Å². The predicted octanol–water partition coefficient (Wildman–Crippen LogP) is 8.76. The molecule has 44 heavy (non-hydrogen) atoms. The van der Waals surface area contributed by atoms with Crippen LogP contribution >= 0.6 is 11.8 Å². The summed E-state index contributed by atoms with van der Waals surface area (Å²) in [5.41, 5.74) is 3.12. The maximum absolute atomic E-state index is 12.9. The molecule has 234 valence electrons. The van der Waals surface area contributed by atoms with Crippen molar-refractivity contribution in [1.82, 2.24) is 9.88 Å². The van der Waals surface area contributed by atoms with Crippen molar-refractivity contribution in [2.45, 2.75) is 89.7 Å². The second kappa shape index (κ2) is 20.3. The zero-order valence-electron chi connectivity index (χ0n) is 26.2. The second-order valence-electron chi connectivity index (χ2n) is 10.6. The number of ether oxygens (including phenoxy) is 1. The Hall–Kier alpha value is -3.71. The lowest BCUT2D eigenvalue weighted by molar-refractivity contribution is -0.139. The Morgan fingerprint density at radius 1 is 0.864 bits per heavy atom. The topological polar surface area (TPSA) is 76.6 Å². The number of hydrogen-bond donors (Lipinski definition) is 0. The fourth-order valence-electron chi connectivity index (χ4n) is 4.58. The first kappa shape index (κ1) is 34.8. The number of benzene rings is 1. The lowest BCUT2D eigenvalue weighted by Gasteiger charge is -2.12. The molecule has 1 aliphatic heterocycles. The Morgan fingerprint density at radius 2 is 1.52 bits per heavy atom. The van der Waals surface area contributed by atoms with Crippen LogP contribution in [-0.2, 0) is 28.9 Å². The zero-order chi connectivity index (χ0) is 31.4. The number of allylic oxidation sites excluding steroid dienone is 8. The quantitative estimate of drug-likeness (QED) is 0.116. The molecule has 1 atom stereocenters. The number of rotatable bonds is 19. The largest absolute Gasteiger partial charge is 0.493 e. The van der Waals surface area contributed by atoms with Crippen LogP contribution in [0.5, 0.6) is 5.75 Å². The highest BCUT2D eigenvalue weighted by Crippen LogP contribution is 2.31. The summed E-state index contributed by atoms with van der Waals surface area (Å²) in [5, 5.41) is -1.05. The maximum Gasteiger partial charge on any atom is 0.295 e. The van der Waals surface area contributed by atoms with E-state index in [9.17, 15) is 14.4 Å². The van der Waals surface area contributed by atoms with Gasteiger partial charge in [0.1, 0.15) is 5.75 Å². The summed E-state index contributed by atoms with van der Waals surface area (Å²) in [6.07, 6.45) is 27.7. The first-order valence-electron chi connectivity index (χ1n) is 15.8. The van der Waals surface area contributed by atoms with E-state index in [0.29, 0.717) is 19.4 Å². The van der Waals surface area contributed by atoms with E-state index >= 15 is 0 Å². The zero-order valence-corrected chi connectivity index (χ0v) is 27.0. The fraction of sp³-hybridized carbons (Fsp3) is 0.405. The van der Waals surface area contributed by atoms with Crippen molar-refractivity contribution in [3.8, 4) is 5.75 Å². The summed E-state index contributed by atoms with van der Waals surface area (Å²) in [7, 11) is 0. The van der Waals surface area contributed by atoms with Gasteiger partial charge in [-0.1, -0.05) is 92.4 Å². The Morgan fingerprint density at radius 3 is 2.16 bits per heavy atom. The number of carbonyl (C=O) groups is 3. The monoisotopic (exact) mass is 614 g/mol. The van der Waals surface area contributed by atoms with Gasteiger partial charge in [0.05, 0.1) is 11.9 Å². The second-order valence-corrected chi connectivity index (χ2v) is 11.8. The van der Waals surface area contributed by atoms with Gasteiger partial charge < -0.3 is 4.74 Å². The molecule has 0 aliphatic carbocycles. The molecule has 1 saturated heterocycles. The summed E-state index contributed by atoms with van der Waals surface area (Å²) >= 11 is 0.941. The van der Waals surface area contributed by atoms with Gasteiger partial charge in [-0.3, -0.25) is 19.4 Å². The summed E-state index contributed by atoms with van der Waals surface area (Å²) in [6, 6.07) is 11.7. The van der Waals surface area contributed by atoms with Crippen molar-refractivity contribution in [3.63, 3.8) is 0 Å². The van der Waals surface area contributed by atoms with Gasteiger partial charge in [-0.25, -0.2) is 4.90 Å². The SMILES string of the molecule is CC/C=C\C/C=C\C/C=C\C/C=C\CCCCC(=O)N1C(=O)SC(Cc2ccc(OCCc3ccc(CC)cn3)cc2)C1=O.